The Balaban J connectivity index is 1.59. The van der Waals surface area contributed by atoms with Gasteiger partial charge in [0.1, 0.15) is 12.4 Å². The predicted octanol–water partition coefficient (Wildman–Crippen LogP) is 8.62. The van der Waals surface area contributed by atoms with Gasteiger partial charge in [-0.25, -0.2) is 0 Å². The lowest BCUT2D eigenvalue weighted by Crippen LogP contribution is -2.26. The zero-order chi connectivity index (χ0) is 24.0. The van der Waals surface area contributed by atoms with Crippen LogP contribution >= 0.6 is 15.9 Å². The average Bonchev–Trinajstić information content (AvgIpc) is 2.92. The van der Waals surface area contributed by atoms with Gasteiger partial charge in [-0.1, -0.05) is 119 Å². The van der Waals surface area contributed by atoms with Crippen LogP contribution in [0.5, 0.6) is 5.75 Å². The van der Waals surface area contributed by atoms with E-state index in [0.29, 0.717) is 6.61 Å². The van der Waals surface area contributed by atoms with Crippen LogP contribution in [0.3, 0.4) is 0 Å². The molecule has 2 nitrogen and oxygen atoms in total. The normalized spacial score (nSPS) is 12.9. The van der Waals surface area contributed by atoms with E-state index in [1.165, 1.54) is 21.9 Å². The summed E-state index contributed by atoms with van der Waals surface area (Å²) in [5.41, 5.74) is 4.76. The van der Waals surface area contributed by atoms with E-state index >= 15 is 0 Å². The van der Waals surface area contributed by atoms with Gasteiger partial charge in [0.05, 0.1) is 6.04 Å². The van der Waals surface area contributed by atoms with Gasteiger partial charge in [0, 0.05) is 16.1 Å². The summed E-state index contributed by atoms with van der Waals surface area (Å²) in [4.78, 5) is 0. The number of nitrogens with one attached hydrogen (secondary N) is 1. The van der Waals surface area contributed by atoms with Gasteiger partial charge in [-0.3, -0.25) is 5.32 Å². The summed E-state index contributed by atoms with van der Waals surface area (Å²) >= 11 is 3.52. The molecular formula is C32H28BrNO. The van der Waals surface area contributed by atoms with E-state index in [9.17, 15) is 0 Å². The molecule has 0 heterocycles. The molecule has 0 radical (unpaired) electrons. The predicted molar refractivity (Wildman–Crippen MR) is 149 cm³/mol. The zero-order valence-electron chi connectivity index (χ0n) is 19.7. The highest BCUT2D eigenvalue weighted by atomic mass is 79.9. The van der Waals surface area contributed by atoms with E-state index in [2.05, 4.69) is 149 Å². The smallest absolute Gasteiger partial charge is 0.125 e. The number of hydrogen-bond acceptors (Lipinski definition) is 2. The third-order valence-electron chi connectivity index (χ3n) is 6.38. The van der Waals surface area contributed by atoms with E-state index in [1.807, 2.05) is 0 Å². The molecule has 0 aliphatic heterocycles. The fraction of sp³-hybridized carbons (Fsp3) is 0.125. The van der Waals surface area contributed by atoms with Crippen LogP contribution in [0, 0.1) is 0 Å². The van der Waals surface area contributed by atoms with E-state index in [4.69, 9.17) is 4.74 Å². The fourth-order valence-electron chi connectivity index (χ4n) is 4.52. The molecule has 5 aromatic carbocycles. The molecule has 0 fully saturated rings. The van der Waals surface area contributed by atoms with Gasteiger partial charge in [0.25, 0.3) is 0 Å². The van der Waals surface area contributed by atoms with Gasteiger partial charge in [0.15, 0.2) is 0 Å². The summed E-state index contributed by atoms with van der Waals surface area (Å²) in [5.74, 6) is 0.897. The molecule has 1 N–H and O–H groups in total. The number of fused-ring (bicyclic) bond motifs is 1. The maximum absolute atomic E-state index is 6.51. The minimum absolute atomic E-state index is 0.0441. The fourth-order valence-corrected chi connectivity index (χ4v) is 4.78. The maximum Gasteiger partial charge on any atom is 0.125 e. The lowest BCUT2D eigenvalue weighted by molar-refractivity contribution is 0.300. The quantitative estimate of drug-likeness (QED) is 0.220. The zero-order valence-corrected chi connectivity index (χ0v) is 21.3. The highest BCUT2D eigenvalue weighted by Gasteiger charge is 2.23. The van der Waals surface area contributed by atoms with Crippen LogP contribution in [0.1, 0.15) is 41.3 Å². The van der Waals surface area contributed by atoms with Crippen LogP contribution in [0.2, 0.25) is 0 Å². The topological polar surface area (TPSA) is 21.3 Å². The first-order chi connectivity index (χ1) is 17.2. The molecule has 5 rings (SSSR count). The van der Waals surface area contributed by atoms with Gasteiger partial charge < -0.3 is 4.74 Å². The number of rotatable bonds is 8. The highest BCUT2D eigenvalue weighted by molar-refractivity contribution is 9.10. The van der Waals surface area contributed by atoms with Crippen LogP contribution in [-0.2, 0) is 6.61 Å². The molecule has 0 aromatic heterocycles. The Morgan fingerprint density at radius 2 is 1.31 bits per heavy atom. The van der Waals surface area contributed by atoms with Crippen LogP contribution in [0.25, 0.3) is 10.8 Å². The van der Waals surface area contributed by atoms with Gasteiger partial charge in [-0.15, -0.1) is 0 Å². The first-order valence-corrected chi connectivity index (χ1v) is 12.7. The van der Waals surface area contributed by atoms with Crippen molar-refractivity contribution in [2.75, 3.05) is 0 Å². The standard InChI is InChI=1S/C32H28BrNO/c1-23(25-10-4-2-5-11-25)34-32(27-13-6-3-7-14-27)31-29-15-9-8-12-26(29)18-21-30(31)35-22-24-16-19-28(33)20-17-24/h2-21,23,32,34H,22H2,1H3/t23-,32-/m0/s1. The van der Waals surface area contributed by atoms with Gasteiger partial charge >= 0.3 is 0 Å². The molecule has 0 spiro atoms. The summed E-state index contributed by atoms with van der Waals surface area (Å²) in [6, 6.07) is 42.5. The van der Waals surface area contributed by atoms with Crippen molar-refractivity contribution in [2.45, 2.75) is 25.6 Å². The number of ether oxygens (including phenoxy) is 1. The Bertz CT molecular complexity index is 1380. The molecule has 0 aliphatic carbocycles. The van der Waals surface area contributed by atoms with Crippen molar-refractivity contribution in [1.82, 2.24) is 5.32 Å². The SMILES string of the molecule is C[C@H](N[C@@H](c1ccccc1)c1c(OCc2ccc(Br)cc2)ccc2ccccc12)c1ccccc1. The average molecular weight is 522 g/mol. The maximum atomic E-state index is 6.51. The second-order valence-corrected chi connectivity index (χ2v) is 9.67. The monoisotopic (exact) mass is 521 g/mol. The lowest BCUT2D eigenvalue weighted by Gasteiger charge is -2.28. The van der Waals surface area contributed by atoms with Crippen molar-refractivity contribution in [3.8, 4) is 5.75 Å². The molecule has 2 atom stereocenters. The molecule has 0 amide bonds. The van der Waals surface area contributed by atoms with Gasteiger partial charge in [-0.05, 0) is 52.6 Å². The molecule has 0 saturated heterocycles. The van der Waals surface area contributed by atoms with Crippen LogP contribution in [-0.4, -0.2) is 0 Å². The second kappa shape index (κ2) is 10.9. The Morgan fingerprint density at radius 1 is 0.686 bits per heavy atom. The first-order valence-electron chi connectivity index (χ1n) is 11.9. The Hall–Kier alpha value is -3.40. The van der Waals surface area contributed by atoms with Crippen LogP contribution < -0.4 is 10.1 Å². The van der Waals surface area contributed by atoms with E-state index in [-0.39, 0.29) is 12.1 Å². The summed E-state index contributed by atoms with van der Waals surface area (Å²) in [7, 11) is 0. The van der Waals surface area contributed by atoms with Crippen LogP contribution in [0.15, 0.2) is 126 Å². The first kappa shape index (κ1) is 23.3. The largest absolute Gasteiger partial charge is 0.489 e. The second-order valence-electron chi connectivity index (χ2n) is 8.76. The van der Waals surface area contributed by atoms with Crippen molar-refractivity contribution in [1.29, 1.82) is 0 Å². The van der Waals surface area contributed by atoms with Gasteiger partial charge in [-0.2, -0.15) is 0 Å². The van der Waals surface area contributed by atoms with Crippen molar-refractivity contribution in [3.05, 3.63) is 148 Å². The summed E-state index contributed by atoms with van der Waals surface area (Å²) in [5, 5.41) is 6.32. The number of benzene rings is 5. The third kappa shape index (κ3) is 5.48. The number of halogens is 1. The van der Waals surface area contributed by atoms with Crippen molar-refractivity contribution in [2.24, 2.45) is 0 Å². The summed E-state index contributed by atoms with van der Waals surface area (Å²) in [6.07, 6.45) is 0. The molecular weight excluding hydrogens is 494 g/mol. The van der Waals surface area contributed by atoms with Gasteiger partial charge in [0.2, 0.25) is 0 Å². The minimum atomic E-state index is -0.0441. The summed E-state index contributed by atoms with van der Waals surface area (Å²) in [6.45, 7) is 2.73. The highest BCUT2D eigenvalue weighted by Crippen LogP contribution is 2.38. The van der Waals surface area contributed by atoms with E-state index in [1.54, 1.807) is 0 Å². The van der Waals surface area contributed by atoms with Crippen molar-refractivity contribution in [3.63, 3.8) is 0 Å². The summed E-state index contributed by atoms with van der Waals surface area (Å²) < 4.78 is 7.57. The van der Waals surface area contributed by atoms with E-state index in [0.717, 1.165) is 21.3 Å². The molecule has 0 unspecified atom stereocenters. The molecule has 0 aliphatic rings. The Morgan fingerprint density at radius 3 is 2.03 bits per heavy atom. The van der Waals surface area contributed by atoms with Crippen molar-refractivity contribution >= 4 is 26.7 Å². The molecule has 5 aromatic rings. The lowest BCUT2D eigenvalue weighted by atomic mass is 9.91. The molecule has 3 heteroatoms. The minimum Gasteiger partial charge on any atom is -0.489 e. The molecule has 35 heavy (non-hydrogen) atoms. The molecule has 0 saturated carbocycles. The third-order valence-corrected chi connectivity index (χ3v) is 6.90. The molecule has 0 bridgehead atoms. The van der Waals surface area contributed by atoms with E-state index < -0.39 is 0 Å². The van der Waals surface area contributed by atoms with Crippen molar-refractivity contribution < 1.29 is 4.74 Å². The Kier molecular flexibility index (Phi) is 7.27. The molecule has 174 valence electrons. The Labute approximate surface area is 215 Å². The van der Waals surface area contributed by atoms with Crippen LogP contribution in [0.4, 0.5) is 0 Å². The number of hydrogen-bond donors (Lipinski definition) is 1.